The number of hydrogen-bond donors (Lipinski definition) is 0. The van der Waals surface area contributed by atoms with Gasteiger partial charge in [0.15, 0.2) is 5.80 Å². The van der Waals surface area contributed by atoms with Gasteiger partial charge in [-0.25, -0.2) is 0 Å². The largest absolute Gasteiger partial charge is 0.189 e. The van der Waals surface area contributed by atoms with Crippen molar-refractivity contribution in [2.75, 3.05) is 6.16 Å². The van der Waals surface area contributed by atoms with Crippen molar-refractivity contribution in [3.05, 3.63) is 0 Å². The van der Waals surface area contributed by atoms with Crippen molar-refractivity contribution >= 4 is 13.3 Å². The summed E-state index contributed by atoms with van der Waals surface area (Å²) < 4.78 is 0. The van der Waals surface area contributed by atoms with E-state index in [1.54, 1.807) is 0 Å². The minimum atomic E-state index is -0.158. The predicted octanol–water partition coefficient (Wildman–Crippen LogP) is 6.12. The van der Waals surface area contributed by atoms with Crippen LogP contribution in [0.3, 0.4) is 0 Å². The van der Waals surface area contributed by atoms with E-state index in [1.807, 2.05) is 5.80 Å². The van der Waals surface area contributed by atoms with E-state index in [-0.39, 0.29) is 7.55 Å². The molecule has 1 aliphatic heterocycles. The molecule has 0 aromatic rings. The van der Waals surface area contributed by atoms with Gasteiger partial charge in [0, 0.05) is 5.92 Å². The van der Waals surface area contributed by atoms with Gasteiger partial charge in [0.2, 0.25) is 0 Å². The molecular formula is C18H33NP+. The molecule has 2 unspecified atom stereocenters. The second kappa shape index (κ2) is 9.57. The lowest BCUT2D eigenvalue weighted by Gasteiger charge is -2.30. The summed E-state index contributed by atoms with van der Waals surface area (Å²) in [5.74, 6) is 2.95. The summed E-state index contributed by atoms with van der Waals surface area (Å²) in [6.07, 6.45) is 14.9. The molecule has 0 N–H and O–H groups in total. The molecule has 1 fully saturated rings. The monoisotopic (exact) mass is 294 g/mol. The summed E-state index contributed by atoms with van der Waals surface area (Å²) in [5, 5.41) is 9.70. The zero-order valence-corrected chi connectivity index (χ0v) is 14.7. The highest BCUT2D eigenvalue weighted by Gasteiger charge is 2.53. The highest BCUT2D eigenvalue weighted by atomic mass is 31.1. The summed E-state index contributed by atoms with van der Waals surface area (Å²) in [4.78, 5) is 0. The Bertz CT molecular complexity index is 332. The standard InChI is InChI=1S/C18H33NP/c1-4-7-10-17-11-15-20(16-14-19)18(17,12-8-5-2)13-9-6-3/h16-17H,4-13,15H2,1-3H3/q+1. The van der Waals surface area contributed by atoms with Crippen LogP contribution in [0.5, 0.6) is 0 Å². The van der Waals surface area contributed by atoms with Crippen LogP contribution in [0.2, 0.25) is 0 Å². The van der Waals surface area contributed by atoms with Crippen LogP contribution in [0.1, 0.15) is 85.0 Å². The first-order valence-electron chi connectivity index (χ1n) is 8.74. The van der Waals surface area contributed by atoms with Crippen LogP contribution in [0, 0.1) is 17.2 Å². The first kappa shape index (κ1) is 17.7. The molecule has 0 saturated carbocycles. The van der Waals surface area contributed by atoms with Gasteiger partial charge < -0.3 is 0 Å². The molecule has 0 spiro atoms. The minimum Gasteiger partial charge on any atom is -0.189 e. The van der Waals surface area contributed by atoms with Gasteiger partial charge in [-0.1, -0.05) is 46.5 Å². The Hall–Kier alpha value is -0.340. The highest BCUT2D eigenvalue weighted by Crippen LogP contribution is 2.60. The summed E-state index contributed by atoms with van der Waals surface area (Å²) >= 11 is 0. The van der Waals surface area contributed by atoms with Crippen molar-refractivity contribution < 1.29 is 0 Å². The van der Waals surface area contributed by atoms with E-state index >= 15 is 0 Å². The Kier molecular flexibility index (Phi) is 8.47. The molecule has 1 aliphatic rings. The Morgan fingerprint density at radius 2 is 1.70 bits per heavy atom. The zero-order valence-electron chi connectivity index (χ0n) is 13.8. The predicted molar refractivity (Wildman–Crippen MR) is 92.9 cm³/mol. The summed E-state index contributed by atoms with van der Waals surface area (Å²) in [6.45, 7) is 6.92. The quantitative estimate of drug-likeness (QED) is 0.470. The lowest BCUT2D eigenvalue weighted by molar-refractivity contribution is 0.306. The third kappa shape index (κ3) is 4.33. The van der Waals surface area contributed by atoms with Crippen LogP contribution in [0.15, 0.2) is 0 Å². The summed E-state index contributed by atoms with van der Waals surface area (Å²) in [6, 6.07) is 2.40. The average Bonchev–Trinajstić information content (AvgIpc) is 2.79. The lowest BCUT2D eigenvalue weighted by Crippen LogP contribution is -2.31. The second-order valence-corrected chi connectivity index (χ2v) is 8.93. The van der Waals surface area contributed by atoms with Gasteiger partial charge in [0.25, 0.3) is 0 Å². The third-order valence-corrected chi connectivity index (χ3v) is 8.22. The fourth-order valence-electron chi connectivity index (χ4n) is 3.93. The van der Waals surface area contributed by atoms with Gasteiger partial charge in [-0.3, -0.25) is 0 Å². The SMILES string of the molecule is CCCCC1CC[P+](=CC#N)C1(CCCC)CCCC. The van der Waals surface area contributed by atoms with Crippen molar-refractivity contribution in [1.82, 2.24) is 0 Å². The van der Waals surface area contributed by atoms with Gasteiger partial charge in [-0.15, -0.1) is 0 Å². The fraction of sp³-hybridized carbons (Fsp3) is 0.889. The molecule has 0 aromatic carbocycles. The van der Waals surface area contributed by atoms with E-state index in [0.717, 1.165) is 5.92 Å². The fourth-order valence-corrected chi connectivity index (χ4v) is 7.11. The highest BCUT2D eigenvalue weighted by molar-refractivity contribution is 7.59. The van der Waals surface area contributed by atoms with Gasteiger partial charge >= 0.3 is 0 Å². The number of unbranched alkanes of at least 4 members (excludes halogenated alkanes) is 3. The molecule has 0 aromatic heterocycles. The Morgan fingerprint density at radius 1 is 1.10 bits per heavy atom. The molecular weight excluding hydrogens is 261 g/mol. The molecule has 2 heteroatoms. The first-order chi connectivity index (χ1) is 9.75. The van der Waals surface area contributed by atoms with E-state index in [2.05, 4.69) is 26.8 Å². The Labute approximate surface area is 127 Å². The average molecular weight is 294 g/mol. The zero-order chi connectivity index (χ0) is 14.8. The normalized spacial score (nSPS) is 23.1. The third-order valence-electron chi connectivity index (χ3n) is 5.10. The molecule has 1 nitrogen and oxygen atoms in total. The number of hydrogen-bond acceptors (Lipinski definition) is 1. The lowest BCUT2D eigenvalue weighted by atomic mass is 9.79. The second-order valence-electron chi connectivity index (χ2n) is 6.39. The van der Waals surface area contributed by atoms with E-state index < -0.39 is 0 Å². The summed E-state index contributed by atoms with van der Waals surface area (Å²) in [5.41, 5.74) is 0. The van der Waals surface area contributed by atoms with Gasteiger partial charge in [-0.05, 0) is 38.5 Å². The number of rotatable bonds is 9. The van der Waals surface area contributed by atoms with Crippen LogP contribution in [0.25, 0.3) is 0 Å². The van der Waals surface area contributed by atoms with E-state index in [0.29, 0.717) is 5.16 Å². The van der Waals surface area contributed by atoms with E-state index in [1.165, 1.54) is 70.4 Å². The van der Waals surface area contributed by atoms with Crippen molar-refractivity contribution in [3.63, 3.8) is 0 Å². The van der Waals surface area contributed by atoms with Crippen LogP contribution >= 0.6 is 7.55 Å². The smallest absolute Gasteiger partial charge is 0.184 e. The summed E-state index contributed by atoms with van der Waals surface area (Å²) in [7, 11) is -0.158. The van der Waals surface area contributed by atoms with Crippen LogP contribution in [-0.2, 0) is 0 Å². The molecule has 0 radical (unpaired) electrons. The topological polar surface area (TPSA) is 23.8 Å². The van der Waals surface area contributed by atoms with Crippen molar-refractivity contribution in [3.8, 4) is 6.07 Å². The maximum absolute atomic E-state index is 9.18. The molecule has 0 bridgehead atoms. The maximum atomic E-state index is 9.18. The maximum Gasteiger partial charge on any atom is 0.184 e. The molecule has 0 aliphatic carbocycles. The van der Waals surface area contributed by atoms with Gasteiger partial charge in [0.05, 0.1) is 0 Å². The minimum absolute atomic E-state index is 0.158. The molecule has 114 valence electrons. The first-order valence-corrected chi connectivity index (χ1v) is 10.3. The Morgan fingerprint density at radius 3 is 2.20 bits per heavy atom. The Balaban J connectivity index is 2.97. The van der Waals surface area contributed by atoms with Crippen LogP contribution < -0.4 is 0 Å². The molecule has 1 saturated heterocycles. The van der Waals surface area contributed by atoms with Gasteiger partial charge in [-0.2, -0.15) is 5.26 Å². The van der Waals surface area contributed by atoms with E-state index in [9.17, 15) is 5.26 Å². The molecule has 1 heterocycles. The van der Waals surface area contributed by atoms with Gasteiger partial charge in [0.1, 0.15) is 24.9 Å². The number of nitrogens with zero attached hydrogens (tertiary/aromatic N) is 1. The number of nitriles is 1. The molecule has 2 atom stereocenters. The molecule has 1 rings (SSSR count). The van der Waals surface area contributed by atoms with E-state index in [4.69, 9.17) is 0 Å². The molecule has 0 amide bonds. The van der Waals surface area contributed by atoms with Crippen LogP contribution in [0.4, 0.5) is 0 Å². The van der Waals surface area contributed by atoms with Crippen molar-refractivity contribution in [2.24, 2.45) is 5.92 Å². The van der Waals surface area contributed by atoms with Crippen molar-refractivity contribution in [2.45, 2.75) is 90.1 Å². The van der Waals surface area contributed by atoms with Crippen molar-refractivity contribution in [1.29, 1.82) is 5.26 Å². The molecule has 20 heavy (non-hydrogen) atoms. The van der Waals surface area contributed by atoms with Crippen LogP contribution in [-0.4, -0.2) is 17.1 Å².